The van der Waals surface area contributed by atoms with Crippen LogP contribution < -0.4 is 5.32 Å². The van der Waals surface area contributed by atoms with E-state index >= 15 is 0 Å². The van der Waals surface area contributed by atoms with Gasteiger partial charge in [0.2, 0.25) is 5.91 Å². The summed E-state index contributed by atoms with van der Waals surface area (Å²) in [5.41, 5.74) is 1.63. The van der Waals surface area contributed by atoms with Crippen LogP contribution in [0, 0.1) is 11.3 Å². The van der Waals surface area contributed by atoms with Crippen molar-refractivity contribution in [3.63, 3.8) is 0 Å². The fourth-order valence-corrected chi connectivity index (χ4v) is 2.64. The second kappa shape index (κ2) is 8.05. The molecule has 0 saturated carbocycles. The van der Waals surface area contributed by atoms with Gasteiger partial charge in [0.15, 0.2) is 0 Å². The Hall–Kier alpha value is -2.52. The number of hydrogen-bond acceptors (Lipinski definition) is 4. The summed E-state index contributed by atoms with van der Waals surface area (Å²) in [6.07, 6.45) is 7.19. The quantitative estimate of drug-likeness (QED) is 0.505. The van der Waals surface area contributed by atoms with Crippen LogP contribution in [0.3, 0.4) is 0 Å². The summed E-state index contributed by atoms with van der Waals surface area (Å²) >= 11 is 1.56. The zero-order chi connectivity index (χ0) is 15.8. The highest BCUT2D eigenvalue weighted by Crippen LogP contribution is 2.27. The second-order valence-electron chi connectivity index (χ2n) is 4.52. The van der Waals surface area contributed by atoms with E-state index < -0.39 is 0 Å². The molecule has 0 fully saturated rings. The number of anilines is 1. The van der Waals surface area contributed by atoms with Crippen molar-refractivity contribution in [2.75, 3.05) is 11.1 Å². The molecule has 2 rings (SSSR count). The van der Waals surface area contributed by atoms with E-state index in [1.807, 2.05) is 37.5 Å². The number of carbonyl (C=O) groups excluding carboxylic acids is 1. The molecule has 1 heterocycles. The van der Waals surface area contributed by atoms with Gasteiger partial charge in [-0.1, -0.05) is 12.1 Å². The summed E-state index contributed by atoms with van der Waals surface area (Å²) in [6.45, 7) is 0. The number of rotatable bonds is 6. The van der Waals surface area contributed by atoms with Crippen molar-refractivity contribution in [1.29, 1.82) is 5.26 Å². The average molecular weight is 312 g/mol. The monoisotopic (exact) mass is 312 g/mol. The lowest BCUT2D eigenvalue weighted by Crippen LogP contribution is -2.08. The molecule has 2 aromatic rings. The van der Waals surface area contributed by atoms with Crippen molar-refractivity contribution in [2.45, 2.75) is 11.3 Å². The van der Waals surface area contributed by atoms with Crippen LogP contribution in [0.1, 0.15) is 12.0 Å². The van der Waals surface area contributed by atoms with Crippen LogP contribution >= 0.6 is 11.8 Å². The summed E-state index contributed by atoms with van der Waals surface area (Å²) in [5, 5.41) is 15.5. The number of aryl methyl sites for hydroxylation is 1. The lowest BCUT2D eigenvalue weighted by Gasteiger charge is -2.08. The third kappa shape index (κ3) is 4.79. The molecule has 0 bridgehead atoms. The molecule has 6 heteroatoms. The summed E-state index contributed by atoms with van der Waals surface area (Å²) < 4.78 is 1.68. The van der Waals surface area contributed by atoms with E-state index in [9.17, 15) is 4.79 Å². The molecule has 1 amide bonds. The molecule has 0 atom stereocenters. The summed E-state index contributed by atoms with van der Waals surface area (Å²) in [4.78, 5) is 12.9. The lowest BCUT2D eigenvalue weighted by molar-refractivity contribution is -0.111. The Morgan fingerprint density at radius 1 is 1.50 bits per heavy atom. The Bertz CT molecular complexity index is 715. The molecular weight excluding hydrogens is 296 g/mol. The van der Waals surface area contributed by atoms with E-state index in [4.69, 9.17) is 5.26 Å². The van der Waals surface area contributed by atoms with E-state index in [1.54, 1.807) is 28.7 Å². The Balaban J connectivity index is 1.99. The van der Waals surface area contributed by atoms with Crippen molar-refractivity contribution in [1.82, 2.24) is 9.78 Å². The van der Waals surface area contributed by atoms with Gasteiger partial charge in [0.25, 0.3) is 0 Å². The van der Waals surface area contributed by atoms with Gasteiger partial charge in [-0.05, 0) is 18.2 Å². The predicted molar refractivity (Wildman–Crippen MR) is 88.3 cm³/mol. The van der Waals surface area contributed by atoms with Crippen LogP contribution in [0.5, 0.6) is 0 Å². The van der Waals surface area contributed by atoms with Crippen molar-refractivity contribution in [2.24, 2.45) is 7.05 Å². The van der Waals surface area contributed by atoms with Crippen LogP contribution in [0.4, 0.5) is 5.69 Å². The molecule has 5 nitrogen and oxygen atoms in total. The first-order chi connectivity index (χ1) is 10.7. The number of nitrogens with zero attached hydrogens (tertiary/aromatic N) is 3. The topological polar surface area (TPSA) is 70.7 Å². The van der Waals surface area contributed by atoms with Gasteiger partial charge in [-0.3, -0.25) is 9.48 Å². The van der Waals surface area contributed by atoms with Gasteiger partial charge in [0, 0.05) is 42.0 Å². The highest BCUT2D eigenvalue weighted by molar-refractivity contribution is 7.99. The number of thioether (sulfide) groups is 1. The highest BCUT2D eigenvalue weighted by atomic mass is 32.2. The first kappa shape index (κ1) is 15.9. The number of nitrogens with one attached hydrogen (secondary N) is 1. The standard InChI is InChI=1S/C16H16N4OS/c1-20-12-13(11-18-20)7-8-16(21)19-14-5-2-3-6-15(14)22-10-4-9-17/h2-3,5-8,11-12H,4,10H2,1H3,(H,19,21)/b8-7+. The summed E-state index contributed by atoms with van der Waals surface area (Å²) in [6, 6.07) is 9.68. The van der Waals surface area contributed by atoms with E-state index in [2.05, 4.69) is 16.5 Å². The fourth-order valence-electron chi connectivity index (χ4n) is 1.77. The number of nitriles is 1. The van der Waals surface area contributed by atoms with Gasteiger partial charge in [-0.25, -0.2) is 0 Å². The first-order valence-electron chi connectivity index (χ1n) is 6.75. The normalized spacial score (nSPS) is 10.5. The number of amides is 1. The number of para-hydroxylation sites is 1. The zero-order valence-electron chi connectivity index (χ0n) is 12.2. The van der Waals surface area contributed by atoms with Crippen molar-refractivity contribution < 1.29 is 4.79 Å². The van der Waals surface area contributed by atoms with Crippen molar-refractivity contribution in [3.8, 4) is 6.07 Å². The summed E-state index contributed by atoms with van der Waals surface area (Å²) in [5.74, 6) is 0.506. The molecule has 0 aliphatic heterocycles. The molecule has 0 aliphatic carbocycles. The maximum absolute atomic E-state index is 12.0. The highest BCUT2D eigenvalue weighted by Gasteiger charge is 2.05. The molecule has 0 spiro atoms. The van der Waals surface area contributed by atoms with E-state index in [0.29, 0.717) is 12.2 Å². The Labute approximate surface area is 133 Å². The average Bonchev–Trinajstić information content (AvgIpc) is 2.93. The molecule has 112 valence electrons. The van der Waals surface area contributed by atoms with Gasteiger partial charge in [0.05, 0.1) is 18.0 Å². The van der Waals surface area contributed by atoms with E-state index in [-0.39, 0.29) is 5.91 Å². The Morgan fingerprint density at radius 3 is 3.05 bits per heavy atom. The summed E-state index contributed by atoms with van der Waals surface area (Å²) in [7, 11) is 1.83. The molecule has 0 unspecified atom stereocenters. The van der Waals surface area contributed by atoms with Gasteiger partial charge < -0.3 is 5.32 Å². The largest absolute Gasteiger partial charge is 0.321 e. The number of hydrogen-bond donors (Lipinski definition) is 1. The minimum atomic E-state index is -0.197. The van der Waals surface area contributed by atoms with Crippen LogP contribution in [0.25, 0.3) is 6.08 Å². The zero-order valence-corrected chi connectivity index (χ0v) is 13.0. The maximum atomic E-state index is 12.0. The predicted octanol–water partition coefficient (Wildman–Crippen LogP) is 3.08. The molecule has 22 heavy (non-hydrogen) atoms. The van der Waals surface area contributed by atoms with Crippen LogP contribution in [-0.2, 0) is 11.8 Å². The molecule has 1 aromatic heterocycles. The van der Waals surface area contributed by atoms with Crippen LogP contribution in [0.15, 0.2) is 47.6 Å². The van der Waals surface area contributed by atoms with Gasteiger partial charge in [0.1, 0.15) is 0 Å². The molecule has 0 aliphatic rings. The van der Waals surface area contributed by atoms with Gasteiger partial charge >= 0.3 is 0 Å². The molecule has 1 N–H and O–H groups in total. The van der Waals surface area contributed by atoms with Crippen molar-refractivity contribution in [3.05, 3.63) is 48.3 Å². The molecule has 0 radical (unpaired) electrons. The Morgan fingerprint density at radius 2 is 2.32 bits per heavy atom. The third-order valence-electron chi connectivity index (χ3n) is 2.77. The SMILES string of the molecule is Cn1cc(/C=C/C(=O)Nc2ccccc2SCCC#N)cn1. The Kier molecular flexibility index (Phi) is 5.81. The number of aromatic nitrogens is 2. The van der Waals surface area contributed by atoms with Crippen LogP contribution in [0.2, 0.25) is 0 Å². The van der Waals surface area contributed by atoms with E-state index in [1.165, 1.54) is 6.08 Å². The van der Waals surface area contributed by atoms with Crippen molar-refractivity contribution >= 4 is 29.4 Å². The lowest BCUT2D eigenvalue weighted by atomic mass is 10.3. The molecule has 0 saturated heterocycles. The number of benzene rings is 1. The third-order valence-corrected chi connectivity index (χ3v) is 3.84. The van der Waals surface area contributed by atoms with Gasteiger partial charge in [-0.2, -0.15) is 10.4 Å². The minimum absolute atomic E-state index is 0.197. The molecular formula is C16H16N4OS. The fraction of sp³-hybridized carbons (Fsp3) is 0.188. The maximum Gasteiger partial charge on any atom is 0.248 e. The number of carbonyl (C=O) groups is 1. The van der Waals surface area contributed by atoms with Gasteiger partial charge in [-0.15, -0.1) is 11.8 Å². The first-order valence-corrected chi connectivity index (χ1v) is 7.74. The molecule has 1 aromatic carbocycles. The van der Waals surface area contributed by atoms with E-state index in [0.717, 1.165) is 16.1 Å². The van der Waals surface area contributed by atoms with Crippen LogP contribution in [-0.4, -0.2) is 21.4 Å². The smallest absolute Gasteiger partial charge is 0.248 e. The minimum Gasteiger partial charge on any atom is -0.321 e. The second-order valence-corrected chi connectivity index (χ2v) is 5.66.